The van der Waals surface area contributed by atoms with E-state index in [1.165, 1.54) is 31.5 Å². The molecule has 0 unspecified atom stereocenters. The topological polar surface area (TPSA) is 158 Å². The highest BCUT2D eigenvalue weighted by molar-refractivity contribution is 7.92. The number of benzene rings is 2. The molecule has 12 nitrogen and oxygen atoms in total. The van der Waals surface area contributed by atoms with Crippen LogP contribution in [-0.2, 0) is 33.1 Å². The number of anilines is 1. The zero-order valence-electron chi connectivity index (χ0n) is 21.2. The Morgan fingerprint density at radius 1 is 1.02 bits per heavy atom. The van der Waals surface area contributed by atoms with Crippen LogP contribution in [0.3, 0.4) is 0 Å². The molecular formula is C25H23ClN6O6S2. The summed E-state index contributed by atoms with van der Waals surface area (Å²) in [6.45, 7) is 2.20. The van der Waals surface area contributed by atoms with Crippen molar-refractivity contribution in [2.24, 2.45) is 0 Å². The zero-order chi connectivity index (χ0) is 28.5. The number of hydrogen-bond acceptors (Lipinski definition) is 9. The standard InChI is InChI=1S/C25H23ClN6O6S2/c1-16-9-17(14-32-15-18(11-28-32)12-29-39(33,34)19-7-8-23(26)27-13-19)10-21-24(16)25(30-38-21)31-40(35,36)22-6-4-3-5-20(22)37-2/h3-11,13,15,29H,12,14H2,1-2H3,(H,30,31). The van der Waals surface area contributed by atoms with Gasteiger partial charge in [0.25, 0.3) is 10.0 Å². The molecule has 2 N–H and O–H groups in total. The van der Waals surface area contributed by atoms with Gasteiger partial charge in [0.2, 0.25) is 10.0 Å². The van der Waals surface area contributed by atoms with E-state index in [1.807, 2.05) is 13.0 Å². The van der Waals surface area contributed by atoms with Crippen LogP contribution >= 0.6 is 11.6 Å². The number of pyridine rings is 1. The van der Waals surface area contributed by atoms with Crippen LogP contribution in [0.25, 0.3) is 11.0 Å². The lowest BCUT2D eigenvalue weighted by molar-refractivity contribution is 0.403. The highest BCUT2D eigenvalue weighted by Crippen LogP contribution is 2.31. The summed E-state index contributed by atoms with van der Waals surface area (Å²) in [5.74, 6) is 0.268. The second-order valence-corrected chi connectivity index (χ2v) is 12.6. The highest BCUT2D eigenvalue weighted by Gasteiger charge is 2.23. The number of nitrogens with one attached hydrogen (secondary N) is 2. The summed E-state index contributed by atoms with van der Waals surface area (Å²) in [4.78, 5) is 3.78. The fraction of sp³-hybridized carbons (Fsp3) is 0.160. The summed E-state index contributed by atoms with van der Waals surface area (Å²) >= 11 is 5.73. The van der Waals surface area contributed by atoms with Crippen LogP contribution in [0.2, 0.25) is 5.15 Å². The molecule has 0 bridgehead atoms. The Bertz CT molecular complexity index is 1900. The summed E-state index contributed by atoms with van der Waals surface area (Å²) in [5.41, 5.74) is 2.60. The fourth-order valence-corrected chi connectivity index (χ4v) is 6.33. The average molecular weight is 603 g/mol. The maximum Gasteiger partial charge on any atom is 0.266 e. The number of para-hydroxylation sites is 1. The molecule has 0 fully saturated rings. The molecule has 208 valence electrons. The fourth-order valence-electron chi connectivity index (χ4n) is 4.08. The number of nitrogens with zero attached hydrogens (tertiary/aromatic N) is 4. The minimum Gasteiger partial charge on any atom is -0.495 e. The smallest absolute Gasteiger partial charge is 0.266 e. The maximum absolute atomic E-state index is 13.0. The van der Waals surface area contributed by atoms with Crippen LogP contribution in [0.1, 0.15) is 16.7 Å². The van der Waals surface area contributed by atoms with Crippen LogP contribution in [0.4, 0.5) is 5.82 Å². The van der Waals surface area contributed by atoms with Crippen LogP contribution in [0.15, 0.2) is 81.4 Å². The molecule has 0 radical (unpaired) electrons. The van der Waals surface area contributed by atoms with E-state index in [4.69, 9.17) is 20.9 Å². The van der Waals surface area contributed by atoms with Gasteiger partial charge in [-0.2, -0.15) is 5.10 Å². The molecule has 2 aromatic carbocycles. The van der Waals surface area contributed by atoms with Gasteiger partial charge in [0, 0.05) is 24.5 Å². The summed E-state index contributed by atoms with van der Waals surface area (Å²) < 4.78 is 68.3. The minimum absolute atomic E-state index is 0.00434. The second-order valence-electron chi connectivity index (χ2n) is 8.76. The first-order valence-corrected chi connectivity index (χ1v) is 15.1. The average Bonchev–Trinajstić information content (AvgIpc) is 3.54. The third kappa shape index (κ3) is 5.79. The van der Waals surface area contributed by atoms with Gasteiger partial charge >= 0.3 is 0 Å². The highest BCUT2D eigenvalue weighted by atomic mass is 35.5. The van der Waals surface area contributed by atoms with Crippen molar-refractivity contribution in [3.63, 3.8) is 0 Å². The minimum atomic E-state index is -4.00. The predicted molar refractivity (Wildman–Crippen MR) is 147 cm³/mol. The number of aryl methyl sites for hydroxylation is 1. The molecule has 0 spiro atoms. The van der Waals surface area contributed by atoms with Gasteiger partial charge in [0.05, 0.1) is 25.2 Å². The number of rotatable bonds is 10. The Hall–Kier alpha value is -3.98. The monoisotopic (exact) mass is 602 g/mol. The van der Waals surface area contributed by atoms with Gasteiger partial charge < -0.3 is 9.26 Å². The normalized spacial score (nSPS) is 12.1. The second kappa shape index (κ2) is 10.9. The van der Waals surface area contributed by atoms with Crippen molar-refractivity contribution >= 4 is 48.4 Å². The number of methoxy groups -OCH3 is 1. The van der Waals surface area contributed by atoms with Crippen molar-refractivity contribution in [1.82, 2.24) is 24.6 Å². The van der Waals surface area contributed by atoms with E-state index in [2.05, 4.69) is 24.7 Å². The number of halogens is 1. The van der Waals surface area contributed by atoms with Crippen molar-refractivity contribution in [3.05, 3.63) is 89.0 Å². The predicted octanol–water partition coefficient (Wildman–Crippen LogP) is 3.72. The lowest BCUT2D eigenvalue weighted by Crippen LogP contribution is -2.23. The molecule has 5 aromatic rings. The SMILES string of the molecule is COc1ccccc1S(=O)(=O)Nc1noc2cc(Cn3cc(CNS(=O)(=O)c4ccc(Cl)nc4)cn3)cc(C)c12. The van der Waals surface area contributed by atoms with E-state index in [-0.39, 0.29) is 33.1 Å². The van der Waals surface area contributed by atoms with Gasteiger partial charge in [-0.25, -0.2) is 26.5 Å². The molecule has 3 heterocycles. The molecule has 0 aliphatic rings. The number of hydrogen-bond donors (Lipinski definition) is 2. The van der Waals surface area contributed by atoms with Gasteiger partial charge in [-0.15, -0.1) is 0 Å². The summed E-state index contributed by atoms with van der Waals surface area (Å²) in [7, 11) is -6.37. The Labute approximate surface area is 235 Å². The molecule has 0 aliphatic carbocycles. The Kier molecular flexibility index (Phi) is 7.51. The molecule has 15 heteroatoms. The lowest BCUT2D eigenvalue weighted by atomic mass is 10.1. The van der Waals surface area contributed by atoms with Gasteiger partial charge in [-0.05, 0) is 48.4 Å². The maximum atomic E-state index is 13.0. The Balaban J connectivity index is 1.30. The van der Waals surface area contributed by atoms with E-state index in [0.29, 0.717) is 23.1 Å². The van der Waals surface area contributed by atoms with Crippen molar-refractivity contribution in [1.29, 1.82) is 0 Å². The summed E-state index contributed by atoms with van der Waals surface area (Å²) in [6.07, 6.45) is 4.47. The molecule has 0 aliphatic heterocycles. The van der Waals surface area contributed by atoms with E-state index in [0.717, 1.165) is 11.1 Å². The molecule has 0 saturated heterocycles. The first kappa shape index (κ1) is 27.6. The van der Waals surface area contributed by atoms with Crippen LogP contribution in [0.5, 0.6) is 5.75 Å². The van der Waals surface area contributed by atoms with Crippen molar-refractivity contribution in [2.45, 2.75) is 29.8 Å². The number of aromatic nitrogens is 4. The van der Waals surface area contributed by atoms with E-state index in [1.54, 1.807) is 41.3 Å². The lowest BCUT2D eigenvalue weighted by Gasteiger charge is -2.10. The van der Waals surface area contributed by atoms with E-state index >= 15 is 0 Å². The van der Waals surface area contributed by atoms with Gasteiger partial charge in [-0.1, -0.05) is 35.0 Å². The third-order valence-electron chi connectivity index (χ3n) is 5.93. The number of sulfonamides is 2. The molecule has 0 atom stereocenters. The summed E-state index contributed by atoms with van der Waals surface area (Å²) in [6, 6.07) is 12.7. The molecule has 5 rings (SSSR count). The van der Waals surface area contributed by atoms with Crippen molar-refractivity contribution in [2.75, 3.05) is 11.8 Å². The largest absolute Gasteiger partial charge is 0.495 e. The zero-order valence-corrected chi connectivity index (χ0v) is 23.6. The first-order valence-electron chi connectivity index (χ1n) is 11.7. The molecular weight excluding hydrogens is 580 g/mol. The van der Waals surface area contributed by atoms with Gasteiger partial charge in [-0.3, -0.25) is 9.40 Å². The quantitative estimate of drug-likeness (QED) is 0.227. The van der Waals surface area contributed by atoms with Crippen LogP contribution < -0.4 is 14.2 Å². The van der Waals surface area contributed by atoms with E-state index in [9.17, 15) is 16.8 Å². The first-order chi connectivity index (χ1) is 19.1. The van der Waals surface area contributed by atoms with Crippen LogP contribution in [0, 0.1) is 6.92 Å². The summed E-state index contributed by atoms with van der Waals surface area (Å²) in [5, 5.41) is 8.98. The van der Waals surface area contributed by atoms with Crippen molar-refractivity contribution < 1.29 is 26.1 Å². The van der Waals surface area contributed by atoms with Crippen LogP contribution in [-0.4, -0.2) is 43.9 Å². The molecule has 0 saturated carbocycles. The van der Waals surface area contributed by atoms with E-state index < -0.39 is 20.0 Å². The molecule has 0 amide bonds. The van der Waals surface area contributed by atoms with Crippen molar-refractivity contribution in [3.8, 4) is 5.75 Å². The Morgan fingerprint density at radius 2 is 1.82 bits per heavy atom. The third-order valence-corrected chi connectivity index (χ3v) is 8.92. The number of fused-ring (bicyclic) bond motifs is 1. The molecule has 40 heavy (non-hydrogen) atoms. The van der Waals surface area contributed by atoms with Gasteiger partial charge in [0.1, 0.15) is 20.7 Å². The molecule has 3 aromatic heterocycles. The number of ether oxygens (including phenoxy) is 1. The van der Waals surface area contributed by atoms with Gasteiger partial charge in [0.15, 0.2) is 11.4 Å². The Morgan fingerprint density at radius 3 is 2.58 bits per heavy atom.